The van der Waals surface area contributed by atoms with Crippen LogP contribution in [0.1, 0.15) is 19.4 Å². The first-order valence-electron chi connectivity index (χ1n) is 6.85. The molecule has 0 unspecified atom stereocenters. The highest BCUT2D eigenvalue weighted by molar-refractivity contribution is 4.99. The van der Waals surface area contributed by atoms with Crippen LogP contribution < -0.4 is 5.32 Å². The Morgan fingerprint density at radius 3 is 2.68 bits per heavy atom. The topological polar surface area (TPSA) is 47.7 Å². The molecule has 0 spiro atoms. The Balaban J connectivity index is 1.80. The lowest BCUT2D eigenvalue weighted by Gasteiger charge is -2.22. The average molecular weight is 261 g/mol. The Bertz CT molecular complexity index is 472. The van der Waals surface area contributed by atoms with Crippen LogP contribution in [-0.2, 0) is 13.1 Å². The highest BCUT2D eigenvalue weighted by atomic mass is 15.3. The van der Waals surface area contributed by atoms with Gasteiger partial charge in [0.1, 0.15) is 0 Å². The van der Waals surface area contributed by atoms with E-state index in [9.17, 15) is 0 Å². The van der Waals surface area contributed by atoms with E-state index in [2.05, 4.69) is 42.5 Å². The minimum absolute atomic E-state index is 0.427. The third-order valence-corrected chi connectivity index (χ3v) is 3.26. The zero-order chi connectivity index (χ0) is 13.7. The van der Waals surface area contributed by atoms with Crippen molar-refractivity contribution < 1.29 is 0 Å². The molecule has 0 aliphatic carbocycles. The van der Waals surface area contributed by atoms with Crippen LogP contribution in [0.15, 0.2) is 30.9 Å². The summed E-state index contributed by atoms with van der Waals surface area (Å²) in [5.74, 6) is 0.573. The molecule has 2 rings (SSSR count). The predicted molar refractivity (Wildman–Crippen MR) is 75.8 cm³/mol. The summed E-state index contributed by atoms with van der Waals surface area (Å²) in [6.45, 7) is 9.26. The van der Waals surface area contributed by atoms with Gasteiger partial charge in [0.05, 0.1) is 19.3 Å². The van der Waals surface area contributed by atoms with Gasteiger partial charge in [-0.15, -0.1) is 0 Å². The largest absolute Gasteiger partial charge is 0.310 e. The van der Waals surface area contributed by atoms with Gasteiger partial charge in [-0.3, -0.25) is 9.36 Å². The Kier molecular flexibility index (Phi) is 4.74. The van der Waals surface area contributed by atoms with E-state index >= 15 is 0 Å². The normalized spacial score (nSPS) is 13.1. The van der Waals surface area contributed by atoms with Crippen molar-refractivity contribution in [1.29, 1.82) is 0 Å². The molecule has 2 heterocycles. The molecular weight excluding hydrogens is 238 g/mol. The van der Waals surface area contributed by atoms with Crippen molar-refractivity contribution in [2.75, 3.05) is 6.54 Å². The van der Waals surface area contributed by atoms with Crippen LogP contribution in [0.2, 0.25) is 0 Å². The molecule has 104 valence electrons. The quantitative estimate of drug-likeness (QED) is 0.825. The van der Waals surface area contributed by atoms with E-state index in [0.717, 1.165) is 19.6 Å². The maximum absolute atomic E-state index is 4.29. The lowest BCUT2D eigenvalue weighted by Crippen LogP contribution is -2.39. The Labute approximate surface area is 114 Å². The first-order valence-corrected chi connectivity index (χ1v) is 6.85. The van der Waals surface area contributed by atoms with Crippen LogP contribution in [0.5, 0.6) is 0 Å². The summed E-state index contributed by atoms with van der Waals surface area (Å²) in [7, 11) is 0. The molecule has 0 saturated carbocycles. The van der Waals surface area contributed by atoms with Gasteiger partial charge in [0.2, 0.25) is 0 Å². The van der Waals surface area contributed by atoms with E-state index in [4.69, 9.17) is 0 Å². The Morgan fingerprint density at radius 1 is 1.26 bits per heavy atom. The lowest BCUT2D eigenvalue weighted by atomic mass is 10.0. The van der Waals surface area contributed by atoms with E-state index in [1.807, 2.05) is 34.0 Å². The van der Waals surface area contributed by atoms with E-state index in [1.54, 1.807) is 0 Å². The average Bonchev–Trinajstić information content (AvgIpc) is 2.99. The van der Waals surface area contributed by atoms with Gasteiger partial charge in [-0.25, -0.2) is 0 Å². The molecule has 0 aliphatic rings. The first kappa shape index (κ1) is 13.8. The summed E-state index contributed by atoms with van der Waals surface area (Å²) in [4.78, 5) is 0. The van der Waals surface area contributed by atoms with Crippen LogP contribution in [0, 0.1) is 12.8 Å². The number of hydrogen-bond donors (Lipinski definition) is 1. The van der Waals surface area contributed by atoms with Crippen LogP contribution in [0.3, 0.4) is 0 Å². The van der Waals surface area contributed by atoms with Crippen LogP contribution in [0.25, 0.3) is 0 Å². The van der Waals surface area contributed by atoms with Crippen LogP contribution >= 0.6 is 0 Å². The third kappa shape index (κ3) is 4.21. The second-order valence-electron chi connectivity index (χ2n) is 5.31. The van der Waals surface area contributed by atoms with Crippen molar-refractivity contribution >= 4 is 0 Å². The monoisotopic (exact) mass is 261 g/mol. The van der Waals surface area contributed by atoms with Gasteiger partial charge >= 0.3 is 0 Å². The fourth-order valence-electron chi connectivity index (χ4n) is 2.07. The maximum atomic E-state index is 4.29. The number of aromatic nitrogens is 4. The van der Waals surface area contributed by atoms with Gasteiger partial charge < -0.3 is 5.32 Å². The highest BCUT2D eigenvalue weighted by Crippen LogP contribution is 2.04. The smallest absolute Gasteiger partial charge is 0.0565 e. The minimum Gasteiger partial charge on any atom is -0.310 e. The number of nitrogens with zero attached hydrogens (tertiary/aromatic N) is 4. The molecule has 0 radical (unpaired) electrons. The third-order valence-electron chi connectivity index (χ3n) is 3.26. The summed E-state index contributed by atoms with van der Waals surface area (Å²) in [6.07, 6.45) is 7.79. The summed E-state index contributed by atoms with van der Waals surface area (Å²) in [6, 6.07) is 2.39. The second-order valence-corrected chi connectivity index (χ2v) is 5.31. The van der Waals surface area contributed by atoms with Gasteiger partial charge in [-0.1, -0.05) is 13.8 Å². The van der Waals surface area contributed by atoms with Crippen molar-refractivity contribution in [3.8, 4) is 0 Å². The Hall–Kier alpha value is -1.62. The molecule has 5 nitrogen and oxygen atoms in total. The van der Waals surface area contributed by atoms with Crippen LogP contribution in [0.4, 0.5) is 0 Å². The van der Waals surface area contributed by atoms with Gasteiger partial charge in [0, 0.05) is 31.2 Å². The van der Waals surface area contributed by atoms with Crippen molar-refractivity contribution in [2.24, 2.45) is 5.92 Å². The molecule has 0 aliphatic heterocycles. The molecule has 2 aromatic rings. The fraction of sp³-hybridized carbons (Fsp3) is 0.571. The van der Waals surface area contributed by atoms with E-state index in [0.29, 0.717) is 12.0 Å². The number of rotatable bonds is 7. The van der Waals surface area contributed by atoms with Gasteiger partial charge in [-0.2, -0.15) is 10.2 Å². The molecule has 19 heavy (non-hydrogen) atoms. The van der Waals surface area contributed by atoms with E-state index in [-0.39, 0.29) is 0 Å². The van der Waals surface area contributed by atoms with Gasteiger partial charge in [0.25, 0.3) is 0 Å². The minimum atomic E-state index is 0.427. The van der Waals surface area contributed by atoms with Crippen molar-refractivity contribution in [1.82, 2.24) is 24.9 Å². The molecular formula is C14H23N5. The van der Waals surface area contributed by atoms with E-state index in [1.165, 1.54) is 5.56 Å². The SMILES string of the molecule is Cc1cnn(CCN[C@H](Cn2cccn2)C(C)C)c1. The summed E-state index contributed by atoms with van der Waals surface area (Å²) in [5.41, 5.74) is 1.21. The molecule has 2 aromatic heterocycles. The maximum Gasteiger partial charge on any atom is 0.0565 e. The molecule has 1 N–H and O–H groups in total. The fourth-order valence-corrected chi connectivity index (χ4v) is 2.07. The molecule has 0 fully saturated rings. The second kappa shape index (κ2) is 6.52. The zero-order valence-corrected chi connectivity index (χ0v) is 12.0. The number of hydrogen-bond acceptors (Lipinski definition) is 3. The standard InChI is InChI=1S/C14H23N5/c1-12(2)14(11-18-7-4-5-16-18)15-6-8-19-10-13(3)9-17-19/h4-5,7,9-10,12,14-15H,6,8,11H2,1-3H3/t14-/m1/s1. The van der Waals surface area contributed by atoms with Gasteiger partial charge in [-0.05, 0) is 24.5 Å². The van der Waals surface area contributed by atoms with Crippen molar-refractivity contribution in [2.45, 2.75) is 39.9 Å². The van der Waals surface area contributed by atoms with Crippen molar-refractivity contribution in [3.05, 3.63) is 36.4 Å². The van der Waals surface area contributed by atoms with Crippen LogP contribution in [-0.4, -0.2) is 32.1 Å². The molecule has 0 amide bonds. The number of nitrogens with one attached hydrogen (secondary N) is 1. The first-order chi connectivity index (χ1) is 9.15. The molecule has 0 aromatic carbocycles. The molecule has 0 bridgehead atoms. The summed E-state index contributed by atoms with van der Waals surface area (Å²) < 4.78 is 3.96. The zero-order valence-electron chi connectivity index (χ0n) is 12.0. The molecule has 5 heteroatoms. The molecule has 1 atom stereocenters. The summed E-state index contributed by atoms with van der Waals surface area (Å²) in [5, 5.41) is 12.2. The number of aryl methyl sites for hydroxylation is 1. The molecule has 0 saturated heterocycles. The van der Waals surface area contributed by atoms with E-state index < -0.39 is 0 Å². The highest BCUT2D eigenvalue weighted by Gasteiger charge is 2.13. The summed E-state index contributed by atoms with van der Waals surface area (Å²) >= 11 is 0. The van der Waals surface area contributed by atoms with Crippen molar-refractivity contribution in [3.63, 3.8) is 0 Å². The lowest BCUT2D eigenvalue weighted by molar-refractivity contribution is 0.335. The van der Waals surface area contributed by atoms with Gasteiger partial charge in [0.15, 0.2) is 0 Å². The Morgan fingerprint density at radius 2 is 2.11 bits per heavy atom. The predicted octanol–water partition coefficient (Wildman–Crippen LogP) is 1.70.